The van der Waals surface area contributed by atoms with Gasteiger partial charge in [-0.25, -0.2) is 13.1 Å². The van der Waals surface area contributed by atoms with Crippen molar-refractivity contribution >= 4 is 26.0 Å². The van der Waals surface area contributed by atoms with Crippen LogP contribution in [0.2, 0.25) is 0 Å². The molecule has 0 atom stereocenters. The standard InChI is InChI=1S/C12H18BrNO3S/c1-10(2)17-7-8-18(15,16)14-9-11-5-3-4-6-12(11)13/h3-6,10,14H,7-9H2,1-2H3. The van der Waals surface area contributed by atoms with Crippen molar-refractivity contribution in [2.24, 2.45) is 0 Å². The number of ether oxygens (including phenoxy) is 1. The van der Waals surface area contributed by atoms with Gasteiger partial charge in [-0.15, -0.1) is 0 Å². The molecule has 0 amide bonds. The molecule has 0 heterocycles. The van der Waals surface area contributed by atoms with E-state index in [1.807, 2.05) is 38.1 Å². The Hall–Kier alpha value is -0.430. The average molecular weight is 336 g/mol. The number of benzene rings is 1. The predicted octanol–water partition coefficient (Wildman–Crippen LogP) is 2.29. The zero-order valence-corrected chi connectivity index (χ0v) is 12.9. The summed E-state index contributed by atoms with van der Waals surface area (Å²) in [5.74, 6) is -0.0182. The molecule has 0 unspecified atom stereocenters. The summed E-state index contributed by atoms with van der Waals surface area (Å²) in [7, 11) is -3.29. The molecule has 1 aromatic carbocycles. The van der Waals surface area contributed by atoms with Crippen LogP contribution < -0.4 is 4.72 Å². The molecule has 0 aliphatic carbocycles. The van der Waals surface area contributed by atoms with Crippen molar-refractivity contribution in [1.82, 2.24) is 4.72 Å². The lowest BCUT2D eigenvalue weighted by Crippen LogP contribution is -2.28. The van der Waals surface area contributed by atoms with Gasteiger partial charge in [0.1, 0.15) is 0 Å². The molecule has 4 nitrogen and oxygen atoms in total. The van der Waals surface area contributed by atoms with Crippen LogP contribution in [-0.2, 0) is 21.3 Å². The first-order valence-electron chi connectivity index (χ1n) is 5.73. The minimum atomic E-state index is -3.29. The molecule has 6 heteroatoms. The lowest BCUT2D eigenvalue weighted by atomic mass is 10.2. The van der Waals surface area contributed by atoms with Crippen LogP contribution in [0.1, 0.15) is 19.4 Å². The van der Waals surface area contributed by atoms with E-state index >= 15 is 0 Å². The van der Waals surface area contributed by atoms with Gasteiger partial charge in [0, 0.05) is 11.0 Å². The quantitative estimate of drug-likeness (QED) is 0.831. The molecule has 0 fully saturated rings. The average Bonchev–Trinajstić information content (AvgIpc) is 2.27. The van der Waals surface area contributed by atoms with Crippen LogP contribution in [0.3, 0.4) is 0 Å². The van der Waals surface area contributed by atoms with E-state index < -0.39 is 10.0 Å². The zero-order valence-electron chi connectivity index (χ0n) is 10.5. The van der Waals surface area contributed by atoms with Crippen molar-refractivity contribution in [1.29, 1.82) is 0 Å². The molecule has 0 aliphatic rings. The van der Waals surface area contributed by atoms with E-state index in [-0.39, 0.29) is 25.0 Å². The lowest BCUT2D eigenvalue weighted by Gasteiger charge is -2.10. The monoisotopic (exact) mass is 335 g/mol. The highest BCUT2D eigenvalue weighted by molar-refractivity contribution is 9.10. The summed E-state index contributed by atoms with van der Waals surface area (Å²) in [5.41, 5.74) is 0.908. The van der Waals surface area contributed by atoms with E-state index in [0.717, 1.165) is 10.0 Å². The van der Waals surface area contributed by atoms with Crippen molar-refractivity contribution < 1.29 is 13.2 Å². The van der Waals surface area contributed by atoms with Crippen LogP contribution in [0.5, 0.6) is 0 Å². The van der Waals surface area contributed by atoms with Gasteiger partial charge in [0.15, 0.2) is 0 Å². The molecular weight excluding hydrogens is 318 g/mol. The predicted molar refractivity (Wildman–Crippen MR) is 75.9 cm³/mol. The Labute approximate surface area is 117 Å². The topological polar surface area (TPSA) is 55.4 Å². The molecule has 0 bridgehead atoms. The second kappa shape index (κ2) is 7.23. The third-order valence-corrected chi connectivity index (χ3v) is 4.31. The minimum absolute atomic E-state index is 0.0182. The largest absolute Gasteiger partial charge is 0.378 e. The maximum atomic E-state index is 11.7. The Morgan fingerprint density at radius 2 is 2.00 bits per heavy atom. The van der Waals surface area contributed by atoms with Gasteiger partial charge in [-0.1, -0.05) is 34.1 Å². The van der Waals surface area contributed by atoms with Gasteiger partial charge in [0.05, 0.1) is 18.5 Å². The van der Waals surface area contributed by atoms with Crippen molar-refractivity contribution in [2.75, 3.05) is 12.4 Å². The zero-order chi connectivity index (χ0) is 13.6. The van der Waals surface area contributed by atoms with Crippen LogP contribution in [0.15, 0.2) is 28.7 Å². The Morgan fingerprint density at radius 1 is 1.33 bits per heavy atom. The molecule has 1 rings (SSSR count). The van der Waals surface area contributed by atoms with Gasteiger partial charge in [-0.3, -0.25) is 0 Å². The lowest BCUT2D eigenvalue weighted by molar-refractivity contribution is 0.0911. The van der Waals surface area contributed by atoms with Gasteiger partial charge in [0.2, 0.25) is 10.0 Å². The molecule has 0 radical (unpaired) electrons. The normalized spacial score (nSPS) is 12.0. The number of nitrogens with one attached hydrogen (secondary N) is 1. The summed E-state index contributed by atoms with van der Waals surface area (Å²) in [4.78, 5) is 0. The second-order valence-corrected chi connectivity index (χ2v) is 6.93. The van der Waals surface area contributed by atoms with Gasteiger partial charge < -0.3 is 4.74 Å². The van der Waals surface area contributed by atoms with Crippen molar-refractivity contribution in [2.45, 2.75) is 26.5 Å². The number of hydrogen-bond donors (Lipinski definition) is 1. The van der Waals surface area contributed by atoms with Crippen molar-refractivity contribution in [3.05, 3.63) is 34.3 Å². The number of hydrogen-bond acceptors (Lipinski definition) is 3. The number of halogens is 1. The maximum Gasteiger partial charge on any atom is 0.214 e. The molecule has 0 saturated carbocycles. The third-order valence-electron chi connectivity index (χ3n) is 2.24. The van der Waals surface area contributed by atoms with E-state index in [4.69, 9.17) is 4.74 Å². The maximum absolute atomic E-state index is 11.7. The van der Waals surface area contributed by atoms with E-state index in [1.165, 1.54) is 0 Å². The van der Waals surface area contributed by atoms with Crippen LogP contribution in [0.4, 0.5) is 0 Å². The summed E-state index contributed by atoms with van der Waals surface area (Å²) < 4.78 is 32.1. The molecule has 1 N–H and O–H groups in total. The summed E-state index contributed by atoms with van der Waals surface area (Å²) in [6, 6.07) is 7.51. The Kier molecular flexibility index (Phi) is 6.28. The third kappa shape index (κ3) is 5.95. The van der Waals surface area contributed by atoms with Crippen LogP contribution in [0, 0.1) is 0 Å². The molecule has 1 aromatic rings. The first kappa shape index (κ1) is 15.6. The van der Waals surface area contributed by atoms with Gasteiger partial charge >= 0.3 is 0 Å². The SMILES string of the molecule is CC(C)OCCS(=O)(=O)NCc1ccccc1Br. The van der Waals surface area contributed by atoms with Crippen LogP contribution in [0.25, 0.3) is 0 Å². The fourth-order valence-electron chi connectivity index (χ4n) is 1.30. The highest BCUT2D eigenvalue weighted by Crippen LogP contribution is 2.15. The van der Waals surface area contributed by atoms with Gasteiger partial charge in [0.25, 0.3) is 0 Å². The Bertz CT molecular complexity index is 474. The summed E-state index contributed by atoms with van der Waals surface area (Å²) in [6.07, 6.45) is 0.0449. The Morgan fingerprint density at radius 3 is 2.61 bits per heavy atom. The van der Waals surface area contributed by atoms with Crippen LogP contribution in [-0.4, -0.2) is 26.9 Å². The van der Waals surface area contributed by atoms with Crippen LogP contribution >= 0.6 is 15.9 Å². The molecule has 0 aliphatic heterocycles. The van der Waals surface area contributed by atoms with Gasteiger partial charge in [-0.2, -0.15) is 0 Å². The highest BCUT2D eigenvalue weighted by atomic mass is 79.9. The first-order chi connectivity index (χ1) is 8.41. The highest BCUT2D eigenvalue weighted by Gasteiger charge is 2.11. The molecular formula is C12H18BrNO3S. The molecule has 18 heavy (non-hydrogen) atoms. The first-order valence-corrected chi connectivity index (χ1v) is 8.17. The molecule has 0 aromatic heterocycles. The van der Waals surface area contributed by atoms with Gasteiger partial charge in [-0.05, 0) is 25.5 Å². The van der Waals surface area contributed by atoms with E-state index in [9.17, 15) is 8.42 Å². The minimum Gasteiger partial charge on any atom is -0.378 e. The van der Waals surface area contributed by atoms with E-state index in [1.54, 1.807) is 0 Å². The molecule has 0 spiro atoms. The summed E-state index contributed by atoms with van der Waals surface area (Å²) in [6.45, 7) is 4.25. The summed E-state index contributed by atoms with van der Waals surface area (Å²) in [5, 5.41) is 0. The Balaban J connectivity index is 2.45. The molecule has 102 valence electrons. The second-order valence-electron chi connectivity index (χ2n) is 4.15. The van der Waals surface area contributed by atoms with Crippen molar-refractivity contribution in [3.63, 3.8) is 0 Å². The molecule has 0 saturated heterocycles. The summed E-state index contributed by atoms with van der Waals surface area (Å²) >= 11 is 3.38. The van der Waals surface area contributed by atoms with E-state index in [0.29, 0.717) is 0 Å². The number of sulfonamides is 1. The van der Waals surface area contributed by atoms with Crippen molar-refractivity contribution in [3.8, 4) is 0 Å². The fraction of sp³-hybridized carbons (Fsp3) is 0.500. The fourth-order valence-corrected chi connectivity index (χ4v) is 2.56. The van der Waals surface area contributed by atoms with E-state index in [2.05, 4.69) is 20.7 Å². The number of rotatable bonds is 7. The smallest absolute Gasteiger partial charge is 0.214 e.